The van der Waals surface area contributed by atoms with Gasteiger partial charge in [0.05, 0.1) is 18.2 Å². The molecule has 0 unspecified atom stereocenters. The van der Waals surface area contributed by atoms with Crippen molar-refractivity contribution in [3.05, 3.63) is 16.1 Å². The summed E-state index contributed by atoms with van der Waals surface area (Å²) in [4.78, 5) is 5.60. The molecule has 1 N–H and O–H groups in total. The number of hydrogen-bond acceptors (Lipinski definition) is 5. The number of thiazole rings is 1. The van der Waals surface area contributed by atoms with Crippen molar-refractivity contribution in [3.8, 4) is 0 Å². The number of nitrogens with zero attached hydrogens (tertiary/aromatic N) is 1. The molecule has 1 aromatic rings. The van der Waals surface area contributed by atoms with Crippen LogP contribution in [0.2, 0.25) is 0 Å². The zero-order chi connectivity index (χ0) is 12.4. The molecule has 2 fully saturated rings. The van der Waals surface area contributed by atoms with Crippen LogP contribution in [-0.2, 0) is 16.0 Å². The van der Waals surface area contributed by atoms with Gasteiger partial charge in [-0.15, -0.1) is 11.3 Å². The Bertz CT molecular complexity index is 391. The SMILES string of the molecule is Cc1ncc(CNC2CCC3(CC2)OCCO3)s1. The number of hydrogen-bond donors (Lipinski definition) is 1. The first kappa shape index (κ1) is 12.5. The zero-order valence-corrected chi connectivity index (χ0v) is 11.6. The maximum Gasteiger partial charge on any atom is 0.168 e. The Labute approximate surface area is 112 Å². The van der Waals surface area contributed by atoms with E-state index in [4.69, 9.17) is 9.47 Å². The lowest BCUT2D eigenvalue weighted by atomic mass is 9.90. The van der Waals surface area contributed by atoms with Crippen LogP contribution in [0.15, 0.2) is 6.20 Å². The third-order valence-electron chi connectivity index (χ3n) is 3.80. The van der Waals surface area contributed by atoms with E-state index in [-0.39, 0.29) is 5.79 Å². The molecular formula is C13H20N2O2S. The summed E-state index contributed by atoms with van der Waals surface area (Å²) >= 11 is 1.77. The van der Waals surface area contributed by atoms with Gasteiger partial charge in [0.2, 0.25) is 0 Å². The first-order chi connectivity index (χ1) is 8.76. The summed E-state index contributed by atoms with van der Waals surface area (Å²) in [5.74, 6) is -0.237. The maximum atomic E-state index is 5.74. The first-order valence-corrected chi connectivity index (χ1v) is 7.50. The van der Waals surface area contributed by atoms with E-state index in [1.54, 1.807) is 11.3 Å². The maximum absolute atomic E-state index is 5.74. The van der Waals surface area contributed by atoms with Crippen LogP contribution < -0.4 is 5.32 Å². The Morgan fingerprint density at radius 1 is 1.39 bits per heavy atom. The largest absolute Gasteiger partial charge is 0.348 e. The van der Waals surface area contributed by atoms with E-state index in [9.17, 15) is 0 Å². The number of rotatable bonds is 3. The van der Waals surface area contributed by atoms with Crippen molar-refractivity contribution in [2.24, 2.45) is 0 Å². The lowest BCUT2D eigenvalue weighted by Crippen LogP contribution is -2.41. The van der Waals surface area contributed by atoms with Crippen molar-refractivity contribution in [2.45, 2.75) is 51.0 Å². The van der Waals surface area contributed by atoms with Crippen LogP contribution in [-0.4, -0.2) is 30.0 Å². The molecule has 2 aliphatic rings. The molecule has 1 aromatic heterocycles. The Kier molecular flexibility index (Phi) is 3.66. The van der Waals surface area contributed by atoms with Crippen LogP contribution in [0.4, 0.5) is 0 Å². The molecule has 0 amide bonds. The Morgan fingerprint density at radius 2 is 2.11 bits per heavy atom. The van der Waals surface area contributed by atoms with Crippen LogP contribution in [0.5, 0.6) is 0 Å². The van der Waals surface area contributed by atoms with Crippen LogP contribution in [0.25, 0.3) is 0 Å². The average Bonchev–Trinajstić information content (AvgIpc) is 2.99. The quantitative estimate of drug-likeness (QED) is 0.913. The summed E-state index contributed by atoms with van der Waals surface area (Å²) in [7, 11) is 0. The van der Waals surface area contributed by atoms with Gasteiger partial charge in [-0.1, -0.05) is 0 Å². The highest BCUT2D eigenvalue weighted by molar-refractivity contribution is 7.11. The van der Waals surface area contributed by atoms with Gasteiger partial charge in [-0.05, 0) is 19.8 Å². The minimum absolute atomic E-state index is 0.237. The fourth-order valence-electron chi connectivity index (χ4n) is 2.78. The topological polar surface area (TPSA) is 43.4 Å². The van der Waals surface area contributed by atoms with E-state index in [1.165, 1.54) is 4.88 Å². The van der Waals surface area contributed by atoms with E-state index in [1.807, 2.05) is 13.1 Å². The Hall–Kier alpha value is -0.490. The smallest absolute Gasteiger partial charge is 0.168 e. The summed E-state index contributed by atoms with van der Waals surface area (Å²) in [5, 5.41) is 4.76. The van der Waals surface area contributed by atoms with Gasteiger partial charge >= 0.3 is 0 Å². The summed E-state index contributed by atoms with van der Waals surface area (Å²) < 4.78 is 11.5. The number of ether oxygens (including phenoxy) is 2. The predicted octanol–water partition coefficient (Wildman–Crippen LogP) is 2.23. The summed E-state index contributed by atoms with van der Waals surface area (Å²) in [5.41, 5.74) is 0. The van der Waals surface area contributed by atoms with Gasteiger partial charge in [-0.2, -0.15) is 0 Å². The van der Waals surface area contributed by atoms with Crippen LogP contribution in [0, 0.1) is 6.92 Å². The van der Waals surface area contributed by atoms with Crippen LogP contribution in [0.1, 0.15) is 35.6 Å². The monoisotopic (exact) mass is 268 g/mol. The third-order valence-corrected chi connectivity index (χ3v) is 4.71. The molecule has 2 heterocycles. The van der Waals surface area contributed by atoms with Crippen LogP contribution in [0.3, 0.4) is 0 Å². The predicted molar refractivity (Wildman–Crippen MR) is 70.6 cm³/mol. The molecule has 3 rings (SSSR count). The molecule has 1 aliphatic heterocycles. The summed E-state index contributed by atoms with van der Waals surface area (Å²) in [6, 6.07) is 0.589. The minimum atomic E-state index is -0.237. The van der Waals surface area contributed by atoms with Gasteiger partial charge in [-0.25, -0.2) is 4.98 Å². The lowest BCUT2D eigenvalue weighted by Gasteiger charge is -2.35. The van der Waals surface area contributed by atoms with Crippen molar-refractivity contribution < 1.29 is 9.47 Å². The minimum Gasteiger partial charge on any atom is -0.348 e. The molecule has 5 heteroatoms. The summed E-state index contributed by atoms with van der Waals surface area (Å²) in [6.07, 6.45) is 6.29. The fraction of sp³-hybridized carbons (Fsp3) is 0.769. The molecule has 1 saturated heterocycles. The zero-order valence-electron chi connectivity index (χ0n) is 10.8. The van der Waals surface area contributed by atoms with Crippen molar-refractivity contribution in [1.82, 2.24) is 10.3 Å². The second-order valence-corrected chi connectivity index (χ2v) is 6.43. The molecule has 0 atom stereocenters. The second-order valence-electron chi connectivity index (χ2n) is 5.11. The number of aryl methyl sites for hydroxylation is 1. The van der Waals surface area contributed by atoms with Gasteiger partial charge in [0, 0.05) is 36.5 Å². The van der Waals surface area contributed by atoms with Crippen molar-refractivity contribution in [2.75, 3.05) is 13.2 Å². The molecule has 1 aliphatic carbocycles. The van der Waals surface area contributed by atoms with Gasteiger partial charge < -0.3 is 14.8 Å². The molecule has 100 valence electrons. The van der Waals surface area contributed by atoms with Gasteiger partial charge in [0.1, 0.15) is 0 Å². The molecule has 0 radical (unpaired) electrons. The highest BCUT2D eigenvalue weighted by Crippen LogP contribution is 2.35. The molecule has 0 bridgehead atoms. The van der Waals surface area contributed by atoms with Crippen molar-refractivity contribution in [1.29, 1.82) is 0 Å². The van der Waals surface area contributed by atoms with Gasteiger partial charge in [0.25, 0.3) is 0 Å². The molecule has 0 aromatic carbocycles. The highest BCUT2D eigenvalue weighted by atomic mass is 32.1. The molecular weight excluding hydrogens is 248 g/mol. The Morgan fingerprint density at radius 3 is 2.72 bits per heavy atom. The van der Waals surface area contributed by atoms with E-state index in [0.29, 0.717) is 6.04 Å². The van der Waals surface area contributed by atoms with Crippen molar-refractivity contribution in [3.63, 3.8) is 0 Å². The van der Waals surface area contributed by atoms with E-state index in [2.05, 4.69) is 10.3 Å². The van der Waals surface area contributed by atoms with E-state index < -0.39 is 0 Å². The first-order valence-electron chi connectivity index (χ1n) is 6.68. The van der Waals surface area contributed by atoms with Crippen molar-refractivity contribution >= 4 is 11.3 Å². The molecule has 1 spiro atoms. The molecule has 1 saturated carbocycles. The highest BCUT2D eigenvalue weighted by Gasteiger charge is 2.40. The average molecular weight is 268 g/mol. The fourth-order valence-corrected chi connectivity index (χ4v) is 3.53. The number of aromatic nitrogens is 1. The number of nitrogens with one attached hydrogen (secondary N) is 1. The standard InChI is InChI=1S/C13H20N2O2S/c1-10-14-8-12(18-10)9-15-11-2-4-13(5-3-11)16-6-7-17-13/h8,11,15H,2-7,9H2,1H3. The van der Waals surface area contributed by atoms with E-state index in [0.717, 1.165) is 50.4 Å². The Balaban J connectivity index is 1.45. The molecule has 4 nitrogen and oxygen atoms in total. The van der Waals surface area contributed by atoms with Gasteiger partial charge in [0.15, 0.2) is 5.79 Å². The second kappa shape index (κ2) is 5.25. The third kappa shape index (κ3) is 2.74. The lowest BCUT2D eigenvalue weighted by molar-refractivity contribution is -0.179. The van der Waals surface area contributed by atoms with E-state index >= 15 is 0 Å². The van der Waals surface area contributed by atoms with Crippen LogP contribution >= 0.6 is 11.3 Å². The van der Waals surface area contributed by atoms with Gasteiger partial charge in [-0.3, -0.25) is 0 Å². The summed E-state index contributed by atoms with van der Waals surface area (Å²) in [6.45, 7) is 4.51. The molecule has 18 heavy (non-hydrogen) atoms. The normalized spacial score (nSPS) is 23.8.